The van der Waals surface area contributed by atoms with Gasteiger partial charge in [-0.2, -0.15) is 0 Å². The van der Waals surface area contributed by atoms with Gasteiger partial charge in [0.25, 0.3) is 0 Å². The zero-order valence-electron chi connectivity index (χ0n) is 19.1. The van der Waals surface area contributed by atoms with Crippen LogP contribution in [0, 0.1) is 0 Å². The number of carbonyl (C=O) groups is 4. The molecular formula is C22H25N5O6S. The molecule has 0 bridgehead atoms. The van der Waals surface area contributed by atoms with Crippen LogP contribution in [0.2, 0.25) is 0 Å². The molecule has 0 fully saturated rings. The lowest BCUT2D eigenvalue weighted by Crippen LogP contribution is -2.43. The van der Waals surface area contributed by atoms with Crippen molar-refractivity contribution in [3.63, 3.8) is 0 Å². The number of aliphatic imine (C=N–C) groups is 1. The SMILES string of the molecule is CCC(=O)Nc1ccc(Sc2ccc(NC(C)=O)cc2)cc1N=C(NC(=O)OC)NC(=O)OC. The van der Waals surface area contributed by atoms with Gasteiger partial charge in [-0.15, -0.1) is 0 Å². The molecule has 0 spiro atoms. The van der Waals surface area contributed by atoms with Crippen LogP contribution in [0.25, 0.3) is 0 Å². The molecule has 0 unspecified atom stereocenters. The summed E-state index contributed by atoms with van der Waals surface area (Å²) in [6.07, 6.45) is -1.48. The Balaban J connectivity index is 2.40. The van der Waals surface area contributed by atoms with Gasteiger partial charge in [0.15, 0.2) is 0 Å². The standard InChI is InChI=1S/C22H25N5O6S/c1-5-19(29)24-17-11-10-16(34-15-8-6-14(7-9-15)23-13(2)28)12-18(17)25-20(26-21(30)32-3)27-22(31)33-4/h6-12H,5H2,1-4H3,(H,23,28)(H,24,29)(H2,25,26,27,30,31). The third kappa shape index (κ3) is 8.47. The summed E-state index contributed by atoms with van der Waals surface area (Å²) in [7, 11) is 2.32. The van der Waals surface area contributed by atoms with Gasteiger partial charge in [0.1, 0.15) is 0 Å². The molecule has 0 saturated carbocycles. The fraction of sp³-hybridized carbons (Fsp3) is 0.227. The van der Waals surface area contributed by atoms with Gasteiger partial charge in [-0.3, -0.25) is 20.2 Å². The normalized spacial score (nSPS) is 9.88. The molecule has 4 N–H and O–H groups in total. The Morgan fingerprint density at radius 3 is 2.00 bits per heavy atom. The molecule has 12 heteroatoms. The van der Waals surface area contributed by atoms with Crippen LogP contribution >= 0.6 is 11.8 Å². The second-order valence-corrected chi connectivity index (χ2v) is 7.73. The van der Waals surface area contributed by atoms with E-state index >= 15 is 0 Å². The van der Waals surface area contributed by atoms with Crippen LogP contribution in [0.15, 0.2) is 57.2 Å². The highest BCUT2D eigenvalue weighted by Crippen LogP contribution is 2.35. The molecule has 2 rings (SSSR count). The Kier molecular flexibility index (Phi) is 9.90. The topological polar surface area (TPSA) is 147 Å². The number of carbonyl (C=O) groups excluding carboxylic acids is 4. The van der Waals surface area contributed by atoms with Gasteiger partial charge >= 0.3 is 12.2 Å². The summed E-state index contributed by atoms with van der Waals surface area (Å²) < 4.78 is 9.12. The average molecular weight is 488 g/mol. The van der Waals surface area contributed by atoms with Gasteiger partial charge in [-0.1, -0.05) is 18.7 Å². The largest absolute Gasteiger partial charge is 0.453 e. The third-order valence-corrected chi connectivity index (χ3v) is 5.02. The van der Waals surface area contributed by atoms with Crippen molar-refractivity contribution in [3.8, 4) is 0 Å². The quantitative estimate of drug-likeness (QED) is 0.357. The number of nitrogens with one attached hydrogen (secondary N) is 4. The zero-order chi connectivity index (χ0) is 25.1. The van der Waals surface area contributed by atoms with E-state index < -0.39 is 12.2 Å². The lowest BCUT2D eigenvalue weighted by atomic mass is 10.2. The number of hydrogen-bond acceptors (Lipinski definition) is 8. The van der Waals surface area contributed by atoms with Crippen molar-refractivity contribution in [2.24, 2.45) is 4.99 Å². The summed E-state index contributed by atoms with van der Waals surface area (Å²) in [5, 5.41) is 10.0. The molecule has 180 valence electrons. The van der Waals surface area contributed by atoms with Gasteiger partial charge in [0, 0.05) is 28.8 Å². The molecule has 0 saturated heterocycles. The summed E-state index contributed by atoms with van der Waals surface area (Å²) in [5.74, 6) is -0.661. The first-order valence-corrected chi connectivity index (χ1v) is 10.8. The van der Waals surface area contributed by atoms with E-state index in [1.807, 2.05) is 12.1 Å². The van der Waals surface area contributed by atoms with Crippen molar-refractivity contribution in [3.05, 3.63) is 42.5 Å². The van der Waals surface area contributed by atoms with E-state index in [1.54, 1.807) is 37.3 Å². The lowest BCUT2D eigenvalue weighted by molar-refractivity contribution is -0.116. The predicted molar refractivity (Wildman–Crippen MR) is 128 cm³/mol. The first-order valence-electron chi connectivity index (χ1n) is 10.0. The number of ether oxygens (including phenoxy) is 2. The summed E-state index contributed by atoms with van der Waals surface area (Å²) in [6, 6.07) is 12.4. The molecular weight excluding hydrogens is 462 g/mol. The van der Waals surface area contributed by atoms with Crippen molar-refractivity contribution in [1.82, 2.24) is 10.6 Å². The van der Waals surface area contributed by atoms with Gasteiger partial charge in [0.05, 0.1) is 25.6 Å². The number of alkyl carbamates (subject to hydrolysis) is 2. The summed E-state index contributed by atoms with van der Waals surface area (Å²) >= 11 is 1.41. The second kappa shape index (κ2) is 12.8. The summed E-state index contributed by atoms with van der Waals surface area (Å²) in [6.45, 7) is 3.14. The minimum Gasteiger partial charge on any atom is -0.453 e. The van der Waals surface area contributed by atoms with Crippen LogP contribution in [0.5, 0.6) is 0 Å². The predicted octanol–water partition coefficient (Wildman–Crippen LogP) is 3.84. The molecule has 11 nitrogen and oxygen atoms in total. The smallest absolute Gasteiger partial charge is 0.413 e. The third-order valence-electron chi connectivity index (χ3n) is 4.02. The number of benzene rings is 2. The molecule has 0 atom stereocenters. The Bertz CT molecular complexity index is 1070. The summed E-state index contributed by atoms with van der Waals surface area (Å²) in [4.78, 5) is 52.5. The van der Waals surface area contributed by atoms with Crippen LogP contribution < -0.4 is 21.3 Å². The van der Waals surface area contributed by atoms with E-state index in [0.29, 0.717) is 11.4 Å². The maximum absolute atomic E-state index is 12.0. The Morgan fingerprint density at radius 1 is 0.882 bits per heavy atom. The van der Waals surface area contributed by atoms with E-state index in [1.165, 1.54) is 18.7 Å². The molecule has 2 aromatic carbocycles. The first-order chi connectivity index (χ1) is 16.2. The van der Waals surface area contributed by atoms with Crippen LogP contribution in [0.4, 0.5) is 26.7 Å². The molecule has 4 amide bonds. The Hall–Kier alpha value is -4.06. The molecule has 0 heterocycles. The average Bonchev–Trinajstić information content (AvgIpc) is 2.81. The maximum atomic E-state index is 12.0. The van der Waals surface area contributed by atoms with Crippen LogP contribution in [0.1, 0.15) is 20.3 Å². The Morgan fingerprint density at radius 2 is 1.47 bits per heavy atom. The van der Waals surface area contributed by atoms with Gasteiger partial charge < -0.3 is 20.1 Å². The van der Waals surface area contributed by atoms with E-state index in [9.17, 15) is 19.2 Å². The highest BCUT2D eigenvalue weighted by atomic mass is 32.2. The summed E-state index contributed by atoms with van der Waals surface area (Å²) in [5.41, 5.74) is 1.31. The number of amides is 4. The minimum atomic E-state index is -0.862. The van der Waals surface area contributed by atoms with Crippen LogP contribution in [-0.4, -0.2) is 44.2 Å². The highest BCUT2D eigenvalue weighted by molar-refractivity contribution is 7.99. The first kappa shape index (κ1) is 26.2. The molecule has 0 aliphatic carbocycles. The van der Waals surface area contributed by atoms with Gasteiger partial charge in [0.2, 0.25) is 17.8 Å². The molecule has 0 aliphatic rings. The lowest BCUT2D eigenvalue weighted by Gasteiger charge is -2.13. The fourth-order valence-corrected chi connectivity index (χ4v) is 3.31. The van der Waals surface area contributed by atoms with Crippen LogP contribution in [0.3, 0.4) is 0 Å². The molecule has 2 aromatic rings. The van der Waals surface area contributed by atoms with E-state index in [2.05, 4.69) is 35.7 Å². The number of anilines is 2. The fourth-order valence-electron chi connectivity index (χ4n) is 2.46. The van der Waals surface area contributed by atoms with Crippen molar-refractivity contribution < 1.29 is 28.7 Å². The molecule has 0 aliphatic heterocycles. The number of methoxy groups -OCH3 is 2. The second-order valence-electron chi connectivity index (χ2n) is 6.58. The number of hydrogen-bond donors (Lipinski definition) is 4. The molecule has 34 heavy (non-hydrogen) atoms. The van der Waals surface area contributed by atoms with E-state index in [-0.39, 0.29) is 29.9 Å². The van der Waals surface area contributed by atoms with Gasteiger partial charge in [-0.05, 0) is 42.5 Å². The molecule has 0 aromatic heterocycles. The van der Waals surface area contributed by atoms with Crippen molar-refractivity contribution >= 4 is 58.8 Å². The van der Waals surface area contributed by atoms with E-state index in [4.69, 9.17) is 0 Å². The zero-order valence-corrected chi connectivity index (χ0v) is 19.9. The maximum Gasteiger partial charge on any atom is 0.413 e. The minimum absolute atomic E-state index is 0.162. The number of guanidine groups is 1. The van der Waals surface area contributed by atoms with Gasteiger partial charge in [-0.25, -0.2) is 14.6 Å². The number of rotatable bonds is 6. The van der Waals surface area contributed by atoms with Crippen molar-refractivity contribution in [2.45, 2.75) is 30.1 Å². The monoisotopic (exact) mass is 487 g/mol. The Labute approximate surface area is 200 Å². The van der Waals surface area contributed by atoms with Crippen molar-refractivity contribution in [1.29, 1.82) is 0 Å². The highest BCUT2D eigenvalue weighted by Gasteiger charge is 2.14. The van der Waals surface area contributed by atoms with Crippen LogP contribution in [-0.2, 0) is 19.1 Å². The van der Waals surface area contributed by atoms with Crippen molar-refractivity contribution in [2.75, 3.05) is 24.9 Å². The number of nitrogens with zero attached hydrogens (tertiary/aromatic N) is 1. The molecule has 0 radical (unpaired) electrons. The van der Waals surface area contributed by atoms with E-state index in [0.717, 1.165) is 24.0 Å².